The third-order valence-corrected chi connectivity index (χ3v) is 3.63. The SMILES string of the molecule is CCc1c(CCN(C)C(C)=O)cc2c(c1OC)OCO2. The van der Waals surface area contributed by atoms with E-state index in [1.807, 2.05) is 6.07 Å². The molecule has 0 unspecified atom stereocenters. The highest BCUT2D eigenvalue weighted by atomic mass is 16.7. The summed E-state index contributed by atoms with van der Waals surface area (Å²) in [6.45, 7) is 4.55. The van der Waals surface area contributed by atoms with Crippen LogP contribution < -0.4 is 14.2 Å². The van der Waals surface area contributed by atoms with Gasteiger partial charge in [0.15, 0.2) is 11.5 Å². The zero-order valence-electron chi connectivity index (χ0n) is 12.5. The van der Waals surface area contributed by atoms with E-state index in [0.29, 0.717) is 12.3 Å². The molecule has 0 aromatic heterocycles. The van der Waals surface area contributed by atoms with Gasteiger partial charge in [-0.1, -0.05) is 6.92 Å². The molecule has 1 amide bonds. The molecule has 2 rings (SSSR count). The van der Waals surface area contributed by atoms with Gasteiger partial charge in [0, 0.05) is 26.1 Å². The van der Waals surface area contributed by atoms with E-state index in [1.54, 1.807) is 26.0 Å². The number of rotatable bonds is 5. The quantitative estimate of drug-likeness (QED) is 0.827. The van der Waals surface area contributed by atoms with Crippen LogP contribution in [0.5, 0.6) is 17.2 Å². The molecule has 1 aromatic rings. The van der Waals surface area contributed by atoms with Gasteiger partial charge in [-0.2, -0.15) is 0 Å². The van der Waals surface area contributed by atoms with Crippen LogP contribution in [-0.2, 0) is 17.6 Å². The maximum absolute atomic E-state index is 11.3. The minimum atomic E-state index is 0.0655. The maximum Gasteiger partial charge on any atom is 0.231 e. The average molecular weight is 279 g/mol. The van der Waals surface area contributed by atoms with Crippen LogP contribution in [0.25, 0.3) is 0 Å². The van der Waals surface area contributed by atoms with E-state index in [4.69, 9.17) is 14.2 Å². The van der Waals surface area contributed by atoms with Crippen LogP contribution in [0.3, 0.4) is 0 Å². The van der Waals surface area contributed by atoms with E-state index >= 15 is 0 Å². The van der Waals surface area contributed by atoms with Crippen molar-refractivity contribution in [2.75, 3.05) is 27.5 Å². The molecule has 5 heteroatoms. The van der Waals surface area contributed by atoms with E-state index < -0.39 is 0 Å². The van der Waals surface area contributed by atoms with Crippen molar-refractivity contribution < 1.29 is 19.0 Å². The molecule has 0 fully saturated rings. The summed E-state index contributed by atoms with van der Waals surface area (Å²) >= 11 is 0. The first-order valence-corrected chi connectivity index (χ1v) is 6.78. The van der Waals surface area contributed by atoms with Crippen LogP contribution in [0.4, 0.5) is 0 Å². The van der Waals surface area contributed by atoms with Gasteiger partial charge in [-0.3, -0.25) is 4.79 Å². The fourth-order valence-corrected chi connectivity index (χ4v) is 2.37. The first-order chi connectivity index (χ1) is 9.58. The first-order valence-electron chi connectivity index (χ1n) is 6.78. The van der Waals surface area contributed by atoms with Crippen LogP contribution >= 0.6 is 0 Å². The Balaban J connectivity index is 2.30. The highest BCUT2D eigenvalue weighted by Gasteiger charge is 2.24. The minimum absolute atomic E-state index is 0.0655. The summed E-state index contributed by atoms with van der Waals surface area (Å²) in [4.78, 5) is 13.0. The summed E-state index contributed by atoms with van der Waals surface area (Å²) in [7, 11) is 3.44. The molecule has 0 saturated heterocycles. The average Bonchev–Trinajstić information content (AvgIpc) is 2.90. The molecule has 0 saturated carbocycles. The second-order valence-electron chi connectivity index (χ2n) is 4.83. The molecule has 0 aliphatic carbocycles. The molecular weight excluding hydrogens is 258 g/mol. The fraction of sp³-hybridized carbons (Fsp3) is 0.533. The van der Waals surface area contributed by atoms with Crippen molar-refractivity contribution in [3.63, 3.8) is 0 Å². The van der Waals surface area contributed by atoms with Crippen molar-refractivity contribution in [1.82, 2.24) is 4.90 Å². The Morgan fingerprint density at radius 2 is 2.20 bits per heavy atom. The molecule has 1 heterocycles. The monoisotopic (exact) mass is 279 g/mol. The predicted molar refractivity (Wildman–Crippen MR) is 75.5 cm³/mol. The smallest absolute Gasteiger partial charge is 0.231 e. The molecule has 0 spiro atoms. The van der Waals surface area contributed by atoms with Gasteiger partial charge in [-0.05, 0) is 24.5 Å². The summed E-state index contributed by atoms with van der Waals surface area (Å²) in [6.07, 6.45) is 1.62. The lowest BCUT2D eigenvalue weighted by molar-refractivity contribution is -0.127. The molecule has 1 aliphatic rings. The fourth-order valence-electron chi connectivity index (χ4n) is 2.37. The number of fused-ring (bicyclic) bond motifs is 1. The van der Waals surface area contributed by atoms with Crippen molar-refractivity contribution >= 4 is 5.91 Å². The highest BCUT2D eigenvalue weighted by Crippen LogP contribution is 2.45. The number of methoxy groups -OCH3 is 1. The van der Waals surface area contributed by atoms with Gasteiger partial charge < -0.3 is 19.1 Å². The Bertz CT molecular complexity index is 513. The Labute approximate surface area is 119 Å². The number of carbonyl (C=O) groups excluding carboxylic acids is 1. The molecule has 0 radical (unpaired) electrons. The lowest BCUT2D eigenvalue weighted by Gasteiger charge is -2.18. The Morgan fingerprint density at radius 3 is 2.80 bits per heavy atom. The molecule has 20 heavy (non-hydrogen) atoms. The van der Waals surface area contributed by atoms with Crippen molar-refractivity contribution in [2.24, 2.45) is 0 Å². The number of nitrogens with zero attached hydrogens (tertiary/aromatic N) is 1. The Hall–Kier alpha value is -1.91. The third-order valence-electron chi connectivity index (χ3n) is 3.63. The van der Waals surface area contributed by atoms with Crippen molar-refractivity contribution in [3.8, 4) is 17.2 Å². The van der Waals surface area contributed by atoms with Crippen LogP contribution in [0.2, 0.25) is 0 Å². The summed E-state index contributed by atoms with van der Waals surface area (Å²) in [5.41, 5.74) is 2.26. The van der Waals surface area contributed by atoms with Crippen molar-refractivity contribution in [2.45, 2.75) is 26.7 Å². The van der Waals surface area contributed by atoms with E-state index in [1.165, 1.54) is 0 Å². The predicted octanol–water partition coefficient (Wildman–Crippen LogP) is 2.01. The lowest BCUT2D eigenvalue weighted by atomic mass is 9.99. The van der Waals surface area contributed by atoms with Gasteiger partial charge in [-0.15, -0.1) is 0 Å². The first kappa shape index (κ1) is 14.5. The standard InChI is InChI=1S/C15H21NO4/c1-5-12-11(6-7-16(3)10(2)17)8-13-15(14(12)18-4)20-9-19-13/h8H,5-7,9H2,1-4H3. The van der Waals surface area contributed by atoms with Gasteiger partial charge in [-0.25, -0.2) is 0 Å². The Morgan fingerprint density at radius 1 is 1.45 bits per heavy atom. The summed E-state index contributed by atoms with van der Waals surface area (Å²) < 4.78 is 16.4. The molecule has 1 aromatic carbocycles. The second kappa shape index (κ2) is 6.03. The molecule has 110 valence electrons. The zero-order chi connectivity index (χ0) is 14.7. The largest absolute Gasteiger partial charge is 0.492 e. The van der Waals surface area contributed by atoms with Gasteiger partial charge in [0.25, 0.3) is 0 Å². The van der Waals surface area contributed by atoms with Gasteiger partial charge >= 0.3 is 0 Å². The molecule has 1 aliphatic heterocycles. The van der Waals surface area contributed by atoms with Crippen LogP contribution in [0, 0.1) is 0 Å². The van der Waals surface area contributed by atoms with Crippen molar-refractivity contribution in [1.29, 1.82) is 0 Å². The minimum Gasteiger partial charge on any atom is -0.492 e. The maximum atomic E-state index is 11.3. The number of benzene rings is 1. The van der Waals surface area contributed by atoms with E-state index in [9.17, 15) is 4.79 Å². The van der Waals surface area contributed by atoms with Gasteiger partial charge in [0.2, 0.25) is 18.4 Å². The number of likely N-dealkylation sites (N-methyl/N-ethyl adjacent to an activating group) is 1. The van der Waals surface area contributed by atoms with E-state index in [2.05, 4.69) is 6.92 Å². The van der Waals surface area contributed by atoms with Crippen LogP contribution in [0.1, 0.15) is 25.0 Å². The summed E-state index contributed by atoms with van der Waals surface area (Å²) in [6, 6.07) is 2.00. The number of hydrogen-bond acceptors (Lipinski definition) is 4. The van der Waals surface area contributed by atoms with Gasteiger partial charge in [0.1, 0.15) is 0 Å². The van der Waals surface area contributed by atoms with E-state index in [-0.39, 0.29) is 12.7 Å². The number of hydrogen-bond donors (Lipinski definition) is 0. The highest BCUT2D eigenvalue weighted by molar-refractivity contribution is 5.72. The van der Waals surface area contributed by atoms with Crippen LogP contribution in [-0.4, -0.2) is 38.3 Å². The normalized spacial score (nSPS) is 12.4. The topological polar surface area (TPSA) is 48.0 Å². The second-order valence-corrected chi connectivity index (χ2v) is 4.83. The molecule has 0 bridgehead atoms. The zero-order valence-corrected chi connectivity index (χ0v) is 12.5. The summed E-state index contributed by atoms with van der Waals surface area (Å²) in [5.74, 6) is 2.23. The van der Waals surface area contributed by atoms with E-state index in [0.717, 1.165) is 35.5 Å². The van der Waals surface area contributed by atoms with Crippen molar-refractivity contribution in [3.05, 3.63) is 17.2 Å². The number of ether oxygens (including phenoxy) is 3. The summed E-state index contributed by atoms with van der Waals surface area (Å²) in [5, 5.41) is 0. The lowest BCUT2D eigenvalue weighted by Crippen LogP contribution is -2.26. The molecular formula is C15H21NO4. The molecule has 0 N–H and O–H groups in total. The number of amides is 1. The Kier molecular flexibility index (Phi) is 4.37. The van der Waals surface area contributed by atoms with Gasteiger partial charge in [0.05, 0.1) is 7.11 Å². The third kappa shape index (κ3) is 2.66. The molecule has 0 atom stereocenters. The van der Waals surface area contributed by atoms with Crippen LogP contribution in [0.15, 0.2) is 6.07 Å². The number of carbonyl (C=O) groups is 1. The molecule has 5 nitrogen and oxygen atoms in total.